The van der Waals surface area contributed by atoms with Crippen molar-refractivity contribution in [3.05, 3.63) is 65.2 Å². The van der Waals surface area contributed by atoms with Gasteiger partial charge in [0.15, 0.2) is 0 Å². The first-order valence-corrected chi connectivity index (χ1v) is 7.12. The highest BCUT2D eigenvalue weighted by molar-refractivity contribution is 6.18. The van der Waals surface area contributed by atoms with Gasteiger partial charge in [-0.1, -0.05) is 30.0 Å². The Kier molecular flexibility index (Phi) is 5.71. The average molecular weight is 296 g/mol. The molecule has 0 aromatic heterocycles. The summed E-state index contributed by atoms with van der Waals surface area (Å²) in [5.41, 5.74) is 2.58. The van der Waals surface area contributed by atoms with Crippen LogP contribution in [0.15, 0.2) is 48.5 Å². The average Bonchev–Trinajstić information content (AvgIpc) is 2.54. The van der Waals surface area contributed by atoms with Gasteiger partial charge in [-0.2, -0.15) is 5.26 Å². The number of halogens is 1. The Balaban J connectivity index is 1.98. The number of ether oxygens (including phenoxy) is 1. The van der Waals surface area contributed by atoms with Crippen molar-refractivity contribution >= 4 is 11.6 Å². The van der Waals surface area contributed by atoms with Crippen molar-refractivity contribution in [2.45, 2.75) is 13.0 Å². The van der Waals surface area contributed by atoms with E-state index in [2.05, 4.69) is 17.9 Å². The molecule has 2 rings (SSSR count). The second-order valence-electron chi connectivity index (χ2n) is 4.37. The number of rotatable bonds is 4. The molecule has 21 heavy (non-hydrogen) atoms. The van der Waals surface area contributed by atoms with Crippen LogP contribution in [0.1, 0.15) is 23.1 Å². The van der Waals surface area contributed by atoms with Crippen molar-refractivity contribution in [2.75, 3.05) is 5.88 Å². The Morgan fingerprint density at radius 2 is 1.86 bits per heavy atom. The Morgan fingerprint density at radius 1 is 1.05 bits per heavy atom. The first-order valence-electron chi connectivity index (χ1n) is 6.58. The molecule has 0 saturated carbocycles. The molecule has 0 radical (unpaired) electrons. The topological polar surface area (TPSA) is 33.0 Å². The third-order valence-electron chi connectivity index (χ3n) is 2.77. The van der Waals surface area contributed by atoms with E-state index in [-0.39, 0.29) is 0 Å². The van der Waals surface area contributed by atoms with Gasteiger partial charge in [-0.15, -0.1) is 11.6 Å². The lowest BCUT2D eigenvalue weighted by Gasteiger charge is -2.06. The Bertz CT molecular complexity index is 690. The summed E-state index contributed by atoms with van der Waals surface area (Å²) >= 11 is 5.59. The molecule has 2 aromatic rings. The van der Waals surface area contributed by atoms with Crippen molar-refractivity contribution in [1.29, 1.82) is 5.26 Å². The maximum Gasteiger partial charge on any atom is 0.121 e. The standard InChI is InChI=1S/C18H14ClNO/c19-11-2-1-4-15-5-3-6-18(12-15)21-14-17-9-7-16(13-20)8-10-17/h3,5-10,12H,2,11,14H2. The van der Waals surface area contributed by atoms with E-state index in [9.17, 15) is 0 Å². The summed E-state index contributed by atoms with van der Waals surface area (Å²) in [5, 5.41) is 8.75. The van der Waals surface area contributed by atoms with Gasteiger partial charge in [-0.25, -0.2) is 0 Å². The van der Waals surface area contributed by atoms with Gasteiger partial charge >= 0.3 is 0 Å². The molecule has 0 saturated heterocycles. The summed E-state index contributed by atoms with van der Waals surface area (Å²) in [7, 11) is 0. The van der Waals surface area contributed by atoms with Crippen LogP contribution < -0.4 is 4.74 Å². The number of hydrogen-bond donors (Lipinski definition) is 0. The fourth-order valence-electron chi connectivity index (χ4n) is 1.72. The molecule has 0 amide bonds. The molecule has 0 aliphatic rings. The quantitative estimate of drug-likeness (QED) is 0.628. The Morgan fingerprint density at radius 3 is 2.57 bits per heavy atom. The maximum atomic E-state index is 8.75. The predicted octanol–water partition coefficient (Wildman–Crippen LogP) is 4.12. The molecule has 0 aliphatic carbocycles. The van der Waals surface area contributed by atoms with Crippen LogP contribution >= 0.6 is 11.6 Å². The zero-order valence-electron chi connectivity index (χ0n) is 11.5. The summed E-state index contributed by atoms with van der Waals surface area (Å²) in [6, 6.07) is 17.1. The number of benzene rings is 2. The molecule has 0 bridgehead atoms. The van der Waals surface area contributed by atoms with Crippen LogP contribution in [0, 0.1) is 23.2 Å². The normalized spacial score (nSPS) is 9.33. The van der Waals surface area contributed by atoms with E-state index in [1.54, 1.807) is 12.1 Å². The molecule has 0 unspecified atom stereocenters. The molecule has 0 N–H and O–H groups in total. The van der Waals surface area contributed by atoms with Gasteiger partial charge < -0.3 is 4.74 Å². The highest BCUT2D eigenvalue weighted by Gasteiger charge is 1.98. The van der Waals surface area contributed by atoms with Gasteiger partial charge in [0.25, 0.3) is 0 Å². The molecule has 2 nitrogen and oxygen atoms in total. The molecular formula is C18H14ClNO. The minimum absolute atomic E-state index is 0.463. The first-order chi connectivity index (χ1) is 10.3. The van der Waals surface area contributed by atoms with Crippen LogP contribution in [-0.2, 0) is 6.61 Å². The smallest absolute Gasteiger partial charge is 0.121 e. The fourth-order valence-corrected chi connectivity index (χ4v) is 1.81. The third-order valence-corrected chi connectivity index (χ3v) is 2.96. The van der Waals surface area contributed by atoms with Crippen LogP contribution in [0.5, 0.6) is 5.75 Å². The number of alkyl halides is 1. The first kappa shape index (κ1) is 15.0. The Hall–Kier alpha value is -2.42. The van der Waals surface area contributed by atoms with Crippen LogP contribution in [0.2, 0.25) is 0 Å². The lowest BCUT2D eigenvalue weighted by Crippen LogP contribution is -1.95. The number of hydrogen-bond acceptors (Lipinski definition) is 2. The van der Waals surface area contributed by atoms with Gasteiger partial charge in [0.05, 0.1) is 11.6 Å². The SMILES string of the molecule is N#Cc1ccc(COc2cccc(C#CCCCl)c2)cc1. The van der Waals surface area contributed by atoms with E-state index in [0.29, 0.717) is 24.5 Å². The minimum Gasteiger partial charge on any atom is -0.489 e. The lowest BCUT2D eigenvalue weighted by atomic mass is 10.1. The highest BCUT2D eigenvalue weighted by Crippen LogP contribution is 2.15. The molecule has 3 heteroatoms. The molecule has 0 fully saturated rings. The second kappa shape index (κ2) is 8.00. The van der Waals surface area contributed by atoms with Crippen LogP contribution in [0.25, 0.3) is 0 Å². The summed E-state index contributed by atoms with van der Waals surface area (Å²) in [5.74, 6) is 7.36. The Labute approximate surface area is 129 Å². The molecule has 0 heterocycles. The van der Waals surface area contributed by atoms with E-state index in [1.165, 1.54) is 0 Å². The lowest BCUT2D eigenvalue weighted by molar-refractivity contribution is 0.306. The number of nitrogens with zero attached hydrogens (tertiary/aromatic N) is 1. The second-order valence-corrected chi connectivity index (χ2v) is 4.74. The van der Waals surface area contributed by atoms with Crippen molar-refractivity contribution < 1.29 is 4.74 Å². The summed E-state index contributed by atoms with van der Waals surface area (Å²) < 4.78 is 5.74. The van der Waals surface area contributed by atoms with Crippen molar-refractivity contribution in [3.8, 4) is 23.7 Å². The van der Waals surface area contributed by atoms with Gasteiger partial charge in [0, 0.05) is 17.9 Å². The summed E-state index contributed by atoms with van der Waals surface area (Å²) in [6.07, 6.45) is 0.678. The summed E-state index contributed by atoms with van der Waals surface area (Å²) in [6.45, 7) is 0.463. The fraction of sp³-hybridized carbons (Fsp3) is 0.167. The van der Waals surface area contributed by atoms with Gasteiger partial charge in [0.1, 0.15) is 12.4 Å². The monoisotopic (exact) mass is 295 g/mol. The van der Waals surface area contributed by atoms with Gasteiger partial charge in [-0.05, 0) is 35.9 Å². The third kappa shape index (κ3) is 4.88. The minimum atomic E-state index is 0.463. The van der Waals surface area contributed by atoms with E-state index < -0.39 is 0 Å². The highest BCUT2D eigenvalue weighted by atomic mass is 35.5. The van der Waals surface area contributed by atoms with E-state index in [0.717, 1.165) is 16.9 Å². The summed E-state index contributed by atoms with van der Waals surface area (Å²) in [4.78, 5) is 0. The number of nitriles is 1. The van der Waals surface area contributed by atoms with Crippen molar-refractivity contribution in [3.63, 3.8) is 0 Å². The van der Waals surface area contributed by atoms with Gasteiger partial charge in [0.2, 0.25) is 0 Å². The van der Waals surface area contributed by atoms with E-state index >= 15 is 0 Å². The van der Waals surface area contributed by atoms with Crippen molar-refractivity contribution in [1.82, 2.24) is 0 Å². The van der Waals surface area contributed by atoms with Gasteiger partial charge in [-0.3, -0.25) is 0 Å². The molecule has 0 atom stereocenters. The van der Waals surface area contributed by atoms with Crippen LogP contribution in [-0.4, -0.2) is 5.88 Å². The molecular weight excluding hydrogens is 282 g/mol. The van der Waals surface area contributed by atoms with Crippen molar-refractivity contribution in [2.24, 2.45) is 0 Å². The molecule has 0 aliphatic heterocycles. The molecule has 0 spiro atoms. The van der Waals surface area contributed by atoms with E-state index in [4.69, 9.17) is 21.6 Å². The predicted molar refractivity (Wildman–Crippen MR) is 84.1 cm³/mol. The van der Waals surface area contributed by atoms with Crippen LogP contribution in [0.3, 0.4) is 0 Å². The maximum absolute atomic E-state index is 8.75. The largest absolute Gasteiger partial charge is 0.489 e. The van der Waals surface area contributed by atoms with Crippen LogP contribution in [0.4, 0.5) is 0 Å². The molecule has 104 valence electrons. The zero-order valence-corrected chi connectivity index (χ0v) is 12.2. The zero-order chi connectivity index (χ0) is 14.9. The van der Waals surface area contributed by atoms with E-state index in [1.807, 2.05) is 36.4 Å². The molecule has 2 aromatic carbocycles.